The molecule has 2 nitrogen and oxygen atoms in total. The summed E-state index contributed by atoms with van der Waals surface area (Å²) in [6, 6.07) is 3.82. The fourth-order valence-corrected chi connectivity index (χ4v) is 1.35. The van der Waals surface area contributed by atoms with Gasteiger partial charge in [0.15, 0.2) is 0 Å². The van der Waals surface area contributed by atoms with Crippen LogP contribution in [0.1, 0.15) is 9.75 Å². The second-order valence-electron chi connectivity index (χ2n) is 1.75. The van der Waals surface area contributed by atoms with Crippen molar-refractivity contribution in [2.24, 2.45) is 0 Å². The first-order valence-electron chi connectivity index (χ1n) is 2.50. The van der Waals surface area contributed by atoms with Crippen molar-refractivity contribution in [3.63, 3.8) is 0 Å². The quantitative estimate of drug-likeness (QED) is 0.590. The van der Waals surface area contributed by atoms with E-state index >= 15 is 0 Å². The van der Waals surface area contributed by atoms with E-state index in [4.69, 9.17) is 11.0 Å². The van der Waals surface area contributed by atoms with Gasteiger partial charge in [0.1, 0.15) is 10.9 Å². The fraction of sp³-hybridized carbons (Fsp3) is 0.167. The molecule has 0 aliphatic heterocycles. The summed E-state index contributed by atoms with van der Waals surface area (Å²) in [4.78, 5) is 1.71. The number of nitriles is 1. The first kappa shape index (κ1) is 6.12. The van der Waals surface area contributed by atoms with Gasteiger partial charge in [-0.25, -0.2) is 0 Å². The van der Waals surface area contributed by atoms with Gasteiger partial charge in [0.05, 0.1) is 5.69 Å². The number of nitrogens with zero attached hydrogens (tertiary/aromatic N) is 1. The Morgan fingerprint density at radius 1 is 1.78 bits per heavy atom. The van der Waals surface area contributed by atoms with E-state index in [0.717, 1.165) is 4.88 Å². The van der Waals surface area contributed by atoms with E-state index in [1.807, 2.05) is 19.1 Å². The zero-order chi connectivity index (χ0) is 6.85. The van der Waals surface area contributed by atoms with Gasteiger partial charge in [-0.1, -0.05) is 0 Å². The lowest BCUT2D eigenvalue weighted by atomic mass is 10.4. The molecule has 46 valence electrons. The SMILES string of the molecule is Cc1cc(N)c(C#N)s1. The molecule has 1 aromatic heterocycles. The van der Waals surface area contributed by atoms with Crippen molar-refractivity contribution in [1.82, 2.24) is 0 Å². The van der Waals surface area contributed by atoms with Crippen LogP contribution in [0.15, 0.2) is 6.07 Å². The minimum Gasteiger partial charge on any atom is -0.397 e. The summed E-state index contributed by atoms with van der Waals surface area (Å²) < 4.78 is 0. The van der Waals surface area contributed by atoms with Crippen LogP contribution in [0.25, 0.3) is 0 Å². The summed E-state index contributed by atoms with van der Waals surface area (Å²) in [6.45, 7) is 1.93. The van der Waals surface area contributed by atoms with Crippen molar-refractivity contribution < 1.29 is 0 Å². The van der Waals surface area contributed by atoms with Crippen LogP contribution >= 0.6 is 11.3 Å². The molecule has 0 aliphatic carbocycles. The minimum atomic E-state index is 0.597. The third kappa shape index (κ3) is 1.03. The Bertz CT molecular complexity index is 257. The number of anilines is 1. The highest BCUT2D eigenvalue weighted by atomic mass is 32.1. The molecule has 0 bridgehead atoms. The molecule has 0 spiro atoms. The number of hydrogen-bond acceptors (Lipinski definition) is 3. The van der Waals surface area contributed by atoms with Gasteiger partial charge in [-0.3, -0.25) is 0 Å². The standard InChI is InChI=1S/C6H6N2S/c1-4-2-5(8)6(3-7)9-4/h2H,8H2,1H3. The molecule has 0 aromatic carbocycles. The lowest BCUT2D eigenvalue weighted by Crippen LogP contribution is -1.81. The predicted molar refractivity (Wildman–Crippen MR) is 38.2 cm³/mol. The van der Waals surface area contributed by atoms with Gasteiger partial charge in [0, 0.05) is 4.88 Å². The highest BCUT2D eigenvalue weighted by Gasteiger charge is 1.99. The number of rotatable bonds is 0. The zero-order valence-corrected chi connectivity index (χ0v) is 5.83. The summed E-state index contributed by atoms with van der Waals surface area (Å²) >= 11 is 1.43. The largest absolute Gasteiger partial charge is 0.397 e. The predicted octanol–water partition coefficient (Wildman–Crippen LogP) is 1.51. The van der Waals surface area contributed by atoms with E-state index in [0.29, 0.717) is 10.6 Å². The Hall–Kier alpha value is -1.01. The molecule has 0 saturated heterocycles. The van der Waals surface area contributed by atoms with Crippen molar-refractivity contribution in [2.45, 2.75) is 6.92 Å². The van der Waals surface area contributed by atoms with E-state index in [9.17, 15) is 0 Å². The van der Waals surface area contributed by atoms with Crippen LogP contribution < -0.4 is 5.73 Å². The number of nitrogens with two attached hydrogens (primary N) is 1. The molecular weight excluding hydrogens is 132 g/mol. The number of hydrogen-bond donors (Lipinski definition) is 1. The lowest BCUT2D eigenvalue weighted by molar-refractivity contribution is 1.52. The molecule has 0 radical (unpaired) electrons. The van der Waals surface area contributed by atoms with Gasteiger partial charge in [-0.05, 0) is 13.0 Å². The van der Waals surface area contributed by atoms with E-state index in [1.54, 1.807) is 0 Å². The second-order valence-corrected chi connectivity index (χ2v) is 3.01. The van der Waals surface area contributed by atoms with Crippen LogP contribution in [0, 0.1) is 18.3 Å². The average Bonchev–Trinajstić information content (AvgIpc) is 2.10. The van der Waals surface area contributed by atoms with Crippen molar-refractivity contribution >= 4 is 17.0 Å². The van der Waals surface area contributed by atoms with Gasteiger partial charge >= 0.3 is 0 Å². The maximum absolute atomic E-state index is 8.41. The molecule has 1 aromatic rings. The number of aryl methyl sites for hydroxylation is 1. The molecule has 0 aliphatic rings. The van der Waals surface area contributed by atoms with Crippen LogP contribution in [0.3, 0.4) is 0 Å². The van der Waals surface area contributed by atoms with Crippen LogP contribution in [0.4, 0.5) is 5.69 Å². The summed E-state index contributed by atoms with van der Waals surface area (Å²) in [7, 11) is 0. The summed E-state index contributed by atoms with van der Waals surface area (Å²) in [5, 5.41) is 8.41. The third-order valence-corrected chi connectivity index (χ3v) is 1.96. The van der Waals surface area contributed by atoms with Crippen molar-refractivity contribution in [3.8, 4) is 6.07 Å². The Morgan fingerprint density at radius 3 is 2.67 bits per heavy atom. The van der Waals surface area contributed by atoms with Gasteiger partial charge in [-0.15, -0.1) is 11.3 Å². The first-order chi connectivity index (χ1) is 4.24. The lowest BCUT2D eigenvalue weighted by Gasteiger charge is -1.78. The molecule has 3 heteroatoms. The topological polar surface area (TPSA) is 49.8 Å². The highest BCUT2D eigenvalue weighted by molar-refractivity contribution is 7.13. The molecule has 0 fully saturated rings. The van der Waals surface area contributed by atoms with E-state index < -0.39 is 0 Å². The molecule has 0 amide bonds. The smallest absolute Gasteiger partial charge is 0.128 e. The van der Waals surface area contributed by atoms with E-state index in [1.165, 1.54) is 11.3 Å². The van der Waals surface area contributed by atoms with Crippen molar-refractivity contribution in [1.29, 1.82) is 5.26 Å². The highest BCUT2D eigenvalue weighted by Crippen LogP contribution is 2.21. The van der Waals surface area contributed by atoms with Crippen molar-refractivity contribution in [2.75, 3.05) is 5.73 Å². The molecular formula is C6H6N2S. The molecule has 0 atom stereocenters. The van der Waals surface area contributed by atoms with Gasteiger partial charge in [0.2, 0.25) is 0 Å². The van der Waals surface area contributed by atoms with Gasteiger partial charge < -0.3 is 5.73 Å². The van der Waals surface area contributed by atoms with E-state index in [2.05, 4.69) is 0 Å². The Labute approximate surface area is 57.5 Å². The number of thiophene rings is 1. The normalized spacial score (nSPS) is 8.89. The summed E-state index contributed by atoms with van der Waals surface area (Å²) in [5.74, 6) is 0. The third-order valence-electron chi connectivity index (χ3n) is 0.986. The van der Waals surface area contributed by atoms with Crippen LogP contribution in [-0.4, -0.2) is 0 Å². The molecule has 0 saturated carbocycles. The van der Waals surface area contributed by atoms with Crippen LogP contribution in [-0.2, 0) is 0 Å². The zero-order valence-electron chi connectivity index (χ0n) is 5.01. The van der Waals surface area contributed by atoms with Gasteiger partial charge in [-0.2, -0.15) is 5.26 Å². The van der Waals surface area contributed by atoms with E-state index in [-0.39, 0.29) is 0 Å². The molecule has 9 heavy (non-hydrogen) atoms. The monoisotopic (exact) mass is 138 g/mol. The van der Waals surface area contributed by atoms with Crippen LogP contribution in [0.5, 0.6) is 0 Å². The Balaban J connectivity index is 3.20. The second kappa shape index (κ2) is 2.08. The molecule has 2 N–H and O–H groups in total. The summed E-state index contributed by atoms with van der Waals surface area (Å²) in [6.07, 6.45) is 0. The summed E-state index contributed by atoms with van der Waals surface area (Å²) in [5.41, 5.74) is 6.04. The molecule has 1 rings (SSSR count). The fourth-order valence-electron chi connectivity index (χ4n) is 0.621. The average molecular weight is 138 g/mol. The van der Waals surface area contributed by atoms with Gasteiger partial charge in [0.25, 0.3) is 0 Å². The maximum Gasteiger partial charge on any atom is 0.128 e. The van der Waals surface area contributed by atoms with Crippen LogP contribution in [0.2, 0.25) is 0 Å². The first-order valence-corrected chi connectivity index (χ1v) is 3.31. The maximum atomic E-state index is 8.41. The minimum absolute atomic E-state index is 0.597. The number of nitrogen functional groups attached to an aromatic ring is 1. The van der Waals surface area contributed by atoms with Crippen molar-refractivity contribution in [3.05, 3.63) is 15.8 Å². The molecule has 0 unspecified atom stereocenters. The molecule has 1 heterocycles. The Morgan fingerprint density at radius 2 is 2.44 bits per heavy atom. The Kier molecular flexibility index (Phi) is 1.41.